The summed E-state index contributed by atoms with van der Waals surface area (Å²) < 4.78 is 5.01. The van der Waals surface area contributed by atoms with Crippen molar-refractivity contribution in [3.8, 4) is 0 Å². The van der Waals surface area contributed by atoms with E-state index < -0.39 is 0 Å². The Hall–Kier alpha value is -0.610. The Labute approximate surface area is 129 Å². The summed E-state index contributed by atoms with van der Waals surface area (Å²) in [4.78, 5) is 12.1. The summed E-state index contributed by atoms with van der Waals surface area (Å²) in [6.07, 6.45) is 8.66. The lowest BCUT2D eigenvalue weighted by molar-refractivity contribution is -0.145. The van der Waals surface area contributed by atoms with Crippen LogP contribution in [0.25, 0.3) is 0 Å². The molecular weight excluding hydrogens is 264 g/mol. The number of esters is 1. The molecule has 4 heteroatoms. The molecular formula is C17H32N2O2. The van der Waals surface area contributed by atoms with E-state index in [9.17, 15) is 4.79 Å². The predicted molar refractivity (Wildman–Crippen MR) is 85.2 cm³/mol. The first kappa shape index (κ1) is 16.8. The fourth-order valence-corrected chi connectivity index (χ4v) is 3.98. The predicted octanol–water partition coefficient (Wildman–Crippen LogP) is 2.47. The Morgan fingerprint density at radius 1 is 1.29 bits per heavy atom. The third-order valence-electron chi connectivity index (χ3n) is 5.50. The first-order valence-corrected chi connectivity index (χ1v) is 8.74. The first-order valence-electron chi connectivity index (χ1n) is 8.74. The molecule has 0 amide bonds. The smallest absolute Gasteiger partial charge is 0.323 e. The molecule has 4 nitrogen and oxygen atoms in total. The number of ether oxygens (including phenoxy) is 1. The Morgan fingerprint density at radius 3 is 2.71 bits per heavy atom. The van der Waals surface area contributed by atoms with Crippen molar-refractivity contribution in [3.05, 3.63) is 0 Å². The van der Waals surface area contributed by atoms with Crippen LogP contribution in [0.1, 0.15) is 58.8 Å². The summed E-state index contributed by atoms with van der Waals surface area (Å²) in [5.41, 5.74) is 0. The Bertz CT molecular complexity index is 329. The fourth-order valence-electron chi connectivity index (χ4n) is 3.98. The molecule has 2 rings (SSSR count). The van der Waals surface area contributed by atoms with Gasteiger partial charge in [-0.05, 0) is 44.1 Å². The molecule has 1 aliphatic carbocycles. The monoisotopic (exact) mass is 296 g/mol. The van der Waals surface area contributed by atoms with E-state index in [1.165, 1.54) is 45.6 Å². The van der Waals surface area contributed by atoms with E-state index in [0.29, 0.717) is 23.9 Å². The standard InChI is InChI=1S/C17H32N2O2/c1-4-12(2)16(17(20)21-3)19-15-10-7-8-13(15)14-9-5-6-11-18-14/h12-16,18-19H,4-11H2,1-3H3. The number of hydrogen-bond donors (Lipinski definition) is 2. The number of piperidine rings is 1. The second-order valence-corrected chi connectivity index (χ2v) is 6.81. The molecule has 0 aromatic rings. The van der Waals surface area contributed by atoms with Gasteiger partial charge in [-0.15, -0.1) is 0 Å². The van der Waals surface area contributed by atoms with Crippen molar-refractivity contribution in [2.24, 2.45) is 11.8 Å². The second kappa shape index (κ2) is 8.14. The van der Waals surface area contributed by atoms with E-state index in [-0.39, 0.29) is 12.0 Å². The number of rotatable bonds is 6. The lowest BCUT2D eigenvalue weighted by atomic mass is 9.87. The van der Waals surface area contributed by atoms with Gasteiger partial charge in [0.1, 0.15) is 6.04 Å². The van der Waals surface area contributed by atoms with Crippen LogP contribution in [0.4, 0.5) is 0 Å². The van der Waals surface area contributed by atoms with Crippen LogP contribution in [0.15, 0.2) is 0 Å². The van der Waals surface area contributed by atoms with Gasteiger partial charge in [0.2, 0.25) is 0 Å². The van der Waals surface area contributed by atoms with Gasteiger partial charge in [-0.3, -0.25) is 4.79 Å². The van der Waals surface area contributed by atoms with Crippen molar-refractivity contribution in [2.45, 2.75) is 76.9 Å². The van der Waals surface area contributed by atoms with E-state index >= 15 is 0 Å². The van der Waals surface area contributed by atoms with Gasteiger partial charge in [-0.2, -0.15) is 0 Å². The number of methoxy groups -OCH3 is 1. The molecule has 0 radical (unpaired) electrons. The summed E-state index contributed by atoms with van der Waals surface area (Å²) in [5, 5.41) is 7.34. The molecule has 21 heavy (non-hydrogen) atoms. The molecule has 0 aromatic carbocycles. The van der Waals surface area contributed by atoms with E-state index in [0.717, 1.165) is 13.0 Å². The maximum absolute atomic E-state index is 12.1. The summed E-state index contributed by atoms with van der Waals surface area (Å²) >= 11 is 0. The van der Waals surface area contributed by atoms with Crippen LogP contribution in [0.5, 0.6) is 0 Å². The minimum atomic E-state index is -0.158. The maximum atomic E-state index is 12.1. The van der Waals surface area contributed by atoms with Crippen LogP contribution < -0.4 is 10.6 Å². The SMILES string of the molecule is CCC(C)C(NC1CCCC1C1CCCCN1)C(=O)OC. The topological polar surface area (TPSA) is 50.4 Å². The van der Waals surface area contributed by atoms with Gasteiger partial charge >= 0.3 is 5.97 Å². The molecule has 5 atom stereocenters. The van der Waals surface area contributed by atoms with Gasteiger partial charge in [0.25, 0.3) is 0 Å². The highest BCUT2D eigenvalue weighted by molar-refractivity contribution is 5.76. The van der Waals surface area contributed by atoms with E-state index in [4.69, 9.17) is 4.74 Å². The Morgan fingerprint density at radius 2 is 2.10 bits per heavy atom. The van der Waals surface area contributed by atoms with Crippen molar-refractivity contribution in [2.75, 3.05) is 13.7 Å². The zero-order valence-electron chi connectivity index (χ0n) is 13.9. The van der Waals surface area contributed by atoms with Gasteiger partial charge in [-0.1, -0.05) is 33.1 Å². The van der Waals surface area contributed by atoms with Crippen molar-refractivity contribution in [3.63, 3.8) is 0 Å². The van der Waals surface area contributed by atoms with Crippen LogP contribution >= 0.6 is 0 Å². The lowest BCUT2D eigenvalue weighted by Gasteiger charge is -2.35. The summed E-state index contributed by atoms with van der Waals surface area (Å²) in [7, 11) is 1.49. The minimum absolute atomic E-state index is 0.105. The highest BCUT2D eigenvalue weighted by atomic mass is 16.5. The van der Waals surface area contributed by atoms with Crippen LogP contribution in [0.3, 0.4) is 0 Å². The number of carbonyl (C=O) groups is 1. The van der Waals surface area contributed by atoms with Gasteiger partial charge < -0.3 is 15.4 Å². The maximum Gasteiger partial charge on any atom is 0.323 e. The van der Waals surface area contributed by atoms with Crippen molar-refractivity contribution >= 4 is 5.97 Å². The third-order valence-corrected chi connectivity index (χ3v) is 5.50. The van der Waals surface area contributed by atoms with Gasteiger partial charge in [0.15, 0.2) is 0 Å². The van der Waals surface area contributed by atoms with Gasteiger partial charge in [-0.25, -0.2) is 0 Å². The molecule has 1 aliphatic heterocycles. The largest absolute Gasteiger partial charge is 0.468 e. The molecule has 2 fully saturated rings. The number of hydrogen-bond acceptors (Lipinski definition) is 4. The average molecular weight is 296 g/mol. The molecule has 1 saturated heterocycles. The highest BCUT2D eigenvalue weighted by Crippen LogP contribution is 2.32. The van der Waals surface area contributed by atoms with Crippen molar-refractivity contribution in [1.29, 1.82) is 0 Å². The molecule has 0 spiro atoms. The second-order valence-electron chi connectivity index (χ2n) is 6.81. The number of nitrogens with one attached hydrogen (secondary N) is 2. The molecule has 1 heterocycles. The highest BCUT2D eigenvalue weighted by Gasteiger charge is 2.37. The molecule has 5 unspecified atom stereocenters. The molecule has 0 bridgehead atoms. The fraction of sp³-hybridized carbons (Fsp3) is 0.941. The molecule has 0 aromatic heterocycles. The van der Waals surface area contributed by atoms with Crippen LogP contribution in [-0.2, 0) is 9.53 Å². The average Bonchev–Trinajstić information content (AvgIpc) is 3.00. The van der Waals surface area contributed by atoms with Gasteiger partial charge in [0, 0.05) is 12.1 Å². The van der Waals surface area contributed by atoms with E-state index in [2.05, 4.69) is 24.5 Å². The van der Waals surface area contributed by atoms with Crippen molar-refractivity contribution < 1.29 is 9.53 Å². The summed E-state index contributed by atoms with van der Waals surface area (Å²) in [5.74, 6) is 0.881. The Balaban J connectivity index is 1.98. The van der Waals surface area contributed by atoms with Gasteiger partial charge in [0.05, 0.1) is 7.11 Å². The summed E-state index contributed by atoms with van der Waals surface area (Å²) in [6, 6.07) is 0.932. The minimum Gasteiger partial charge on any atom is -0.468 e. The molecule has 122 valence electrons. The zero-order valence-corrected chi connectivity index (χ0v) is 13.9. The zero-order chi connectivity index (χ0) is 15.2. The lowest BCUT2D eigenvalue weighted by Crippen LogP contribution is -2.53. The van der Waals surface area contributed by atoms with E-state index in [1.807, 2.05) is 0 Å². The molecule has 2 aliphatic rings. The molecule has 2 N–H and O–H groups in total. The molecule has 1 saturated carbocycles. The van der Waals surface area contributed by atoms with Crippen LogP contribution in [0, 0.1) is 11.8 Å². The van der Waals surface area contributed by atoms with Crippen LogP contribution in [0.2, 0.25) is 0 Å². The normalized spacial score (nSPS) is 32.6. The third kappa shape index (κ3) is 4.19. The van der Waals surface area contributed by atoms with Crippen molar-refractivity contribution in [1.82, 2.24) is 10.6 Å². The first-order chi connectivity index (χ1) is 10.2. The van der Waals surface area contributed by atoms with E-state index in [1.54, 1.807) is 0 Å². The van der Waals surface area contributed by atoms with Crippen LogP contribution in [-0.4, -0.2) is 37.7 Å². The number of carbonyl (C=O) groups excluding carboxylic acids is 1. The quantitative estimate of drug-likeness (QED) is 0.739. The Kier molecular flexibility index (Phi) is 6.49. The summed E-state index contributed by atoms with van der Waals surface area (Å²) in [6.45, 7) is 5.42.